The van der Waals surface area contributed by atoms with E-state index in [0.29, 0.717) is 0 Å². The Morgan fingerprint density at radius 2 is 1.71 bits per heavy atom. The van der Waals surface area contributed by atoms with Crippen LogP contribution >= 0.6 is 11.3 Å². The smallest absolute Gasteiger partial charge is 0.241 e. The Kier molecular flexibility index (Phi) is 6.47. The van der Waals surface area contributed by atoms with Gasteiger partial charge in [-0.25, -0.2) is 4.98 Å². The van der Waals surface area contributed by atoms with Gasteiger partial charge in [-0.3, -0.25) is 9.69 Å². The van der Waals surface area contributed by atoms with Crippen molar-refractivity contribution in [1.82, 2.24) is 9.88 Å². The Morgan fingerprint density at radius 3 is 2.41 bits per heavy atom. The van der Waals surface area contributed by atoms with Crippen LogP contribution in [0.3, 0.4) is 0 Å². The highest BCUT2D eigenvalue weighted by molar-refractivity contribution is 7.18. The molecule has 0 radical (unpaired) electrons. The molecule has 0 unspecified atom stereocenters. The summed E-state index contributed by atoms with van der Waals surface area (Å²) in [4.78, 5) is 22.1. The number of para-hydroxylation sites is 1. The lowest BCUT2D eigenvalue weighted by Gasteiger charge is -2.38. The molecule has 3 aromatic carbocycles. The number of carbonyl (C=O) groups is 1. The van der Waals surface area contributed by atoms with E-state index >= 15 is 0 Å². The van der Waals surface area contributed by atoms with Crippen LogP contribution in [0.4, 0.5) is 11.4 Å². The first kappa shape index (κ1) is 22.4. The summed E-state index contributed by atoms with van der Waals surface area (Å²) >= 11 is 1.73. The molecule has 2 heterocycles. The minimum absolute atomic E-state index is 0.0111. The summed E-state index contributed by atoms with van der Waals surface area (Å²) in [7, 11) is 0. The number of nitrogens with zero attached hydrogens (tertiary/aromatic N) is 3. The fourth-order valence-electron chi connectivity index (χ4n) is 4.32. The molecular formula is C27H28N4O2S. The van der Waals surface area contributed by atoms with Crippen molar-refractivity contribution in [3.63, 3.8) is 0 Å². The molecule has 1 aliphatic heterocycles. The van der Waals surface area contributed by atoms with Gasteiger partial charge in [0, 0.05) is 44.0 Å². The molecule has 0 spiro atoms. The van der Waals surface area contributed by atoms with E-state index in [2.05, 4.69) is 33.3 Å². The number of anilines is 2. The monoisotopic (exact) mass is 472 g/mol. The molecule has 4 aromatic rings. The highest BCUT2D eigenvalue weighted by Crippen LogP contribution is 2.24. The van der Waals surface area contributed by atoms with E-state index < -0.39 is 0 Å². The number of rotatable bonds is 6. The van der Waals surface area contributed by atoms with E-state index in [-0.39, 0.29) is 17.7 Å². The number of hydrogen-bond donors (Lipinski definition) is 2. The molecule has 0 bridgehead atoms. The van der Waals surface area contributed by atoms with Gasteiger partial charge in [0.25, 0.3) is 0 Å². The van der Waals surface area contributed by atoms with Gasteiger partial charge < -0.3 is 15.3 Å². The number of piperazine rings is 1. The van der Waals surface area contributed by atoms with Gasteiger partial charge in [0.2, 0.25) is 5.91 Å². The third-order valence-electron chi connectivity index (χ3n) is 6.37. The van der Waals surface area contributed by atoms with Gasteiger partial charge >= 0.3 is 0 Å². The topological polar surface area (TPSA) is 68.7 Å². The Morgan fingerprint density at radius 1 is 1.00 bits per heavy atom. The number of thiazole rings is 1. The van der Waals surface area contributed by atoms with Crippen LogP contribution in [0.15, 0.2) is 72.8 Å². The van der Waals surface area contributed by atoms with Crippen molar-refractivity contribution in [3.05, 3.63) is 83.4 Å². The maximum Gasteiger partial charge on any atom is 0.241 e. The number of fused-ring (bicyclic) bond motifs is 1. The van der Waals surface area contributed by atoms with E-state index in [1.807, 2.05) is 49.4 Å². The fourth-order valence-corrected chi connectivity index (χ4v) is 5.32. The van der Waals surface area contributed by atoms with Crippen molar-refractivity contribution in [2.24, 2.45) is 0 Å². The van der Waals surface area contributed by atoms with E-state index in [0.717, 1.165) is 54.5 Å². The molecule has 1 amide bonds. The van der Waals surface area contributed by atoms with Gasteiger partial charge in [-0.1, -0.05) is 24.3 Å². The Labute approximate surface area is 203 Å². The van der Waals surface area contributed by atoms with Gasteiger partial charge in [-0.05, 0) is 61.0 Å². The summed E-state index contributed by atoms with van der Waals surface area (Å²) in [6, 6.07) is 23.3. The molecule has 1 aromatic heterocycles. The first-order valence-electron chi connectivity index (χ1n) is 11.6. The van der Waals surface area contributed by atoms with Crippen LogP contribution in [0.2, 0.25) is 0 Å². The molecule has 2 N–H and O–H groups in total. The minimum atomic E-state index is -0.204. The van der Waals surface area contributed by atoms with Crippen LogP contribution in [0, 0.1) is 0 Å². The minimum Gasteiger partial charge on any atom is -0.508 e. The second-order valence-corrected chi connectivity index (χ2v) is 9.77. The summed E-state index contributed by atoms with van der Waals surface area (Å²) in [6.45, 7) is 5.30. The van der Waals surface area contributed by atoms with Crippen molar-refractivity contribution in [1.29, 1.82) is 0 Å². The average Bonchev–Trinajstić information content (AvgIpc) is 3.28. The summed E-state index contributed by atoms with van der Waals surface area (Å²) in [5, 5.41) is 13.6. The summed E-state index contributed by atoms with van der Waals surface area (Å²) < 4.78 is 1.21. The summed E-state index contributed by atoms with van der Waals surface area (Å²) in [5.41, 5.74) is 4.13. The maximum absolute atomic E-state index is 12.9. The fraction of sp³-hybridized carbons (Fsp3) is 0.259. The number of aromatic nitrogens is 1. The van der Waals surface area contributed by atoms with Crippen LogP contribution in [0.5, 0.6) is 5.75 Å². The number of benzene rings is 3. The molecule has 7 heteroatoms. The first-order chi connectivity index (χ1) is 16.5. The lowest BCUT2D eigenvalue weighted by molar-refractivity contribution is -0.120. The van der Waals surface area contributed by atoms with Crippen molar-refractivity contribution >= 4 is 38.8 Å². The SMILES string of the molecule is C[C@@H](C(=O)Nc1ccc(Cc2nc3ccccc3s2)cc1)N1CCN(c2ccc(O)cc2)CC1. The lowest BCUT2D eigenvalue weighted by atomic mass is 10.1. The van der Waals surface area contributed by atoms with Gasteiger partial charge in [0.1, 0.15) is 5.75 Å². The Balaban J connectivity index is 1.14. The number of phenols is 1. The zero-order valence-corrected chi connectivity index (χ0v) is 20.0. The molecule has 6 nitrogen and oxygen atoms in total. The van der Waals surface area contributed by atoms with E-state index in [1.165, 1.54) is 10.3 Å². The molecule has 1 fully saturated rings. The van der Waals surface area contributed by atoms with Crippen LogP contribution in [-0.2, 0) is 11.2 Å². The van der Waals surface area contributed by atoms with Crippen LogP contribution < -0.4 is 10.2 Å². The Hall–Kier alpha value is -3.42. The predicted octanol–water partition coefficient (Wildman–Crippen LogP) is 4.74. The molecule has 0 saturated carbocycles. The van der Waals surface area contributed by atoms with Gasteiger partial charge in [-0.2, -0.15) is 0 Å². The van der Waals surface area contributed by atoms with E-state index in [1.54, 1.807) is 23.5 Å². The number of phenolic OH excluding ortho intramolecular Hbond substituents is 1. The summed E-state index contributed by atoms with van der Waals surface area (Å²) in [6.07, 6.45) is 0.787. The number of carbonyl (C=O) groups excluding carboxylic acids is 1. The number of aromatic hydroxyl groups is 1. The van der Waals surface area contributed by atoms with Gasteiger partial charge in [0.15, 0.2) is 0 Å². The highest BCUT2D eigenvalue weighted by Gasteiger charge is 2.25. The second-order valence-electron chi connectivity index (χ2n) is 8.65. The Bertz CT molecular complexity index is 1230. The average molecular weight is 473 g/mol. The highest BCUT2D eigenvalue weighted by atomic mass is 32.1. The summed E-state index contributed by atoms with van der Waals surface area (Å²) in [5.74, 6) is 0.287. The molecule has 0 aliphatic carbocycles. The number of hydrogen-bond acceptors (Lipinski definition) is 6. The third kappa shape index (κ3) is 5.05. The first-order valence-corrected chi connectivity index (χ1v) is 12.4. The van der Waals surface area contributed by atoms with Gasteiger partial charge in [-0.15, -0.1) is 11.3 Å². The van der Waals surface area contributed by atoms with Crippen molar-refractivity contribution in [2.45, 2.75) is 19.4 Å². The molecule has 174 valence electrons. The largest absolute Gasteiger partial charge is 0.508 e. The molecule has 34 heavy (non-hydrogen) atoms. The van der Waals surface area contributed by atoms with E-state index in [4.69, 9.17) is 4.98 Å². The molecule has 1 saturated heterocycles. The zero-order chi connectivity index (χ0) is 23.5. The third-order valence-corrected chi connectivity index (χ3v) is 7.41. The zero-order valence-electron chi connectivity index (χ0n) is 19.1. The second kappa shape index (κ2) is 9.83. The van der Waals surface area contributed by atoms with Crippen molar-refractivity contribution < 1.29 is 9.90 Å². The van der Waals surface area contributed by atoms with Crippen LogP contribution in [-0.4, -0.2) is 53.1 Å². The quantitative estimate of drug-likeness (QED) is 0.424. The standard InChI is InChI=1S/C27H28N4O2S/c1-19(30-14-16-31(17-15-30)22-10-12-23(32)13-11-22)27(33)28-21-8-6-20(7-9-21)18-26-29-24-4-2-3-5-25(24)34-26/h2-13,19,32H,14-18H2,1H3,(H,28,33)/t19-/m0/s1. The number of amides is 1. The lowest BCUT2D eigenvalue weighted by Crippen LogP contribution is -2.52. The number of nitrogens with one attached hydrogen (secondary N) is 1. The predicted molar refractivity (Wildman–Crippen MR) is 139 cm³/mol. The van der Waals surface area contributed by atoms with Crippen molar-refractivity contribution in [3.8, 4) is 5.75 Å². The van der Waals surface area contributed by atoms with Crippen LogP contribution in [0.1, 0.15) is 17.5 Å². The molecular weight excluding hydrogens is 444 g/mol. The molecule has 5 rings (SSSR count). The van der Waals surface area contributed by atoms with Crippen LogP contribution in [0.25, 0.3) is 10.2 Å². The molecule has 1 atom stereocenters. The van der Waals surface area contributed by atoms with Crippen molar-refractivity contribution in [2.75, 3.05) is 36.4 Å². The maximum atomic E-state index is 12.9. The van der Waals surface area contributed by atoms with Gasteiger partial charge in [0.05, 0.1) is 21.3 Å². The van der Waals surface area contributed by atoms with E-state index in [9.17, 15) is 9.90 Å². The normalized spacial score (nSPS) is 15.4. The molecule has 1 aliphatic rings.